The average Bonchev–Trinajstić information content (AvgIpc) is 3.27. The van der Waals surface area contributed by atoms with Gasteiger partial charge in [-0.05, 0) is 53.1 Å². The molecule has 2 aromatic carbocycles. The number of anilines is 1. The van der Waals surface area contributed by atoms with Crippen LogP contribution < -0.4 is 5.32 Å². The number of nitrogens with one attached hydrogen (secondary N) is 1. The molecule has 3 heterocycles. The summed E-state index contributed by atoms with van der Waals surface area (Å²) in [5.74, 6) is 0. The number of thiophene rings is 1. The summed E-state index contributed by atoms with van der Waals surface area (Å²) in [6.45, 7) is 0.853. The van der Waals surface area contributed by atoms with Crippen LogP contribution in [-0.4, -0.2) is 4.57 Å². The minimum atomic E-state index is -0.00266. The third-order valence-electron chi connectivity index (χ3n) is 4.99. The fourth-order valence-corrected chi connectivity index (χ4v) is 5.00. The summed E-state index contributed by atoms with van der Waals surface area (Å²) in [6.07, 6.45) is 2.13. The first-order valence-electron chi connectivity index (χ1n) is 8.74. The number of nitrogens with zero attached hydrogens (tertiary/aromatic N) is 1. The Morgan fingerprint density at radius 1 is 0.963 bits per heavy atom. The number of aromatic nitrogens is 1. The van der Waals surface area contributed by atoms with Crippen molar-refractivity contribution in [2.24, 2.45) is 0 Å². The lowest BCUT2D eigenvalue weighted by Crippen LogP contribution is -2.14. The second-order valence-electron chi connectivity index (χ2n) is 6.64. The Labute approximate surface area is 172 Å². The third-order valence-corrected chi connectivity index (χ3v) is 6.60. The second-order valence-corrected chi connectivity index (χ2v) is 8.76. The minimum absolute atomic E-state index is 0.00266. The molecule has 1 unspecified atom stereocenters. The molecule has 1 aliphatic heterocycles. The number of benzene rings is 2. The lowest BCUT2D eigenvalue weighted by molar-refractivity contribution is 0.740. The molecule has 2 nitrogen and oxygen atoms in total. The van der Waals surface area contributed by atoms with Gasteiger partial charge in [0, 0.05) is 34.0 Å². The number of hydrogen-bond acceptors (Lipinski definition) is 2. The quantitative estimate of drug-likeness (QED) is 0.373. The molecule has 5 rings (SSSR count). The van der Waals surface area contributed by atoms with Crippen molar-refractivity contribution >= 4 is 40.2 Å². The number of para-hydroxylation sites is 1. The number of hydrogen-bond donors (Lipinski definition) is 1. The first-order chi connectivity index (χ1) is 13.2. The zero-order valence-electron chi connectivity index (χ0n) is 14.3. The van der Waals surface area contributed by atoms with Gasteiger partial charge in [0.1, 0.15) is 0 Å². The fourth-order valence-electron chi connectivity index (χ4n) is 3.67. The molecule has 0 spiro atoms. The van der Waals surface area contributed by atoms with Crippen LogP contribution in [0.5, 0.6) is 0 Å². The summed E-state index contributed by atoms with van der Waals surface area (Å²) >= 11 is 14.4. The van der Waals surface area contributed by atoms with Crippen LogP contribution in [-0.2, 0) is 6.54 Å². The van der Waals surface area contributed by atoms with Crippen LogP contribution >= 0.6 is 34.5 Å². The highest BCUT2D eigenvalue weighted by Gasteiger charge is 2.24. The second kappa shape index (κ2) is 6.75. The summed E-state index contributed by atoms with van der Waals surface area (Å²) < 4.78 is 3.07. The van der Waals surface area contributed by atoms with E-state index in [1.54, 1.807) is 11.3 Å². The van der Waals surface area contributed by atoms with Crippen LogP contribution in [0.2, 0.25) is 9.36 Å². The van der Waals surface area contributed by atoms with E-state index in [0.717, 1.165) is 37.6 Å². The summed E-state index contributed by atoms with van der Waals surface area (Å²) in [5, 5.41) is 4.45. The minimum Gasteiger partial charge on any atom is -0.373 e. The molecule has 0 saturated heterocycles. The predicted molar refractivity (Wildman–Crippen MR) is 115 cm³/mol. The van der Waals surface area contributed by atoms with Gasteiger partial charge < -0.3 is 9.88 Å². The first kappa shape index (κ1) is 16.9. The summed E-state index contributed by atoms with van der Waals surface area (Å²) in [5.41, 5.74) is 5.79. The van der Waals surface area contributed by atoms with E-state index >= 15 is 0 Å². The van der Waals surface area contributed by atoms with Gasteiger partial charge in [-0.15, -0.1) is 11.3 Å². The zero-order valence-corrected chi connectivity index (χ0v) is 16.7. The van der Waals surface area contributed by atoms with Crippen molar-refractivity contribution < 1.29 is 0 Å². The highest BCUT2D eigenvalue weighted by molar-refractivity contribution is 7.19. The van der Waals surface area contributed by atoms with E-state index in [0.29, 0.717) is 0 Å². The van der Waals surface area contributed by atoms with E-state index in [2.05, 4.69) is 64.6 Å². The van der Waals surface area contributed by atoms with E-state index in [1.807, 2.05) is 18.2 Å². The van der Waals surface area contributed by atoms with Crippen LogP contribution in [0, 0.1) is 0 Å². The maximum absolute atomic E-state index is 6.76. The molecule has 4 aromatic rings. The Kier molecular flexibility index (Phi) is 4.24. The van der Waals surface area contributed by atoms with Crippen molar-refractivity contribution in [3.05, 3.63) is 99.1 Å². The molecule has 2 aromatic heterocycles. The Hall–Kier alpha value is -2.20. The van der Waals surface area contributed by atoms with Gasteiger partial charge in [0.05, 0.1) is 10.4 Å². The molecule has 0 radical (unpaired) electrons. The van der Waals surface area contributed by atoms with Gasteiger partial charge in [-0.2, -0.15) is 0 Å². The normalized spacial score (nSPS) is 15.6. The van der Waals surface area contributed by atoms with E-state index in [-0.39, 0.29) is 6.04 Å². The highest BCUT2D eigenvalue weighted by atomic mass is 35.5. The molecule has 1 atom stereocenters. The van der Waals surface area contributed by atoms with Crippen LogP contribution in [0.25, 0.3) is 10.4 Å². The van der Waals surface area contributed by atoms with Gasteiger partial charge in [0.15, 0.2) is 0 Å². The zero-order chi connectivity index (χ0) is 18.4. The van der Waals surface area contributed by atoms with Gasteiger partial charge in [0.25, 0.3) is 0 Å². The average molecular weight is 411 g/mol. The highest BCUT2D eigenvalue weighted by Crippen LogP contribution is 2.39. The van der Waals surface area contributed by atoms with Crippen LogP contribution in [0.4, 0.5) is 5.69 Å². The Balaban J connectivity index is 1.60. The Morgan fingerprint density at radius 2 is 1.85 bits per heavy atom. The van der Waals surface area contributed by atoms with Crippen molar-refractivity contribution in [2.45, 2.75) is 12.6 Å². The standard InChI is InChI=1S/C22H16Cl2N2S/c23-17-12-14(20-9-10-21(24)27-20)7-8-16(17)22-19-6-3-11-26(19)13-15-4-1-2-5-18(15)25-22/h1-12,22,25H,13H2. The lowest BCUT2D eigenvalue weighted by Gasteiger charge is -2.21. The van der Waals surface area contributed by atoms with Crippen molar-refractivity contribution in [1.29, 1.82) is 0 Å². The van der Waals surface area contributed by atoms with Gasteiger partial charge >= 0.3 is 0 Å². The number of fused-ring (bicyclic) bond motifs is 2. The molecule has 0 saturated carbocycles. The molecular formula is C22H16Cl2N2S. The molecule has 0 fully saturated rings. The molecule has 1 aliphatic rings. The Bertz CT molecular complexity index is 1130. The molecule has 0 bridgehead atoms. The summed E-state index contributed by atoms with van der Waals surface area (Å²) in [7, 11) is 0. The lowest BCUT2D eigenvalue weighted by atomic mass is 10.0. The third kappa shape index (κ3) is 3.06. The van der Waals surface area contributed by atoms with Crippen LogP contribution in [0.3, 0.4) is 0 Å². The van der Waals surface area contributed by atoms with Crippen molar-refractivity contribution in [2.75, 3.05) is 5.32 Å². The van der Waals surface area contributed by atoms with Gasteiger partial charge in [-0.3, -0.25) is 0 Å². The number of halogens is 2. The largest absolute Gasteiger partial charge is 0.373 e. The molecule has 1 N–H and O–H groups in total. The van der Waals surface area contributed by atoms with E-state index < -0.39 is 0 Å². The summed E-state index contributed by atoms with van der Waals surface area (Å²) in [6, 6.07) is 22.9. The van der Waals surface area contributed by atoms with E-state index in [4.69, 9.17) is 23.2 Å². The SMILES string of the molecule is Clc1ccc(-c2ccc(C3Nc4ccccc4Cn4cccc43)c(Cl)c2)s1. The molecule has 0 aliphatic carbocycles. The van der Waals surface area contributed by atoms with Gasteiger partial charge in [-0.25, -0.2) is 0 Å². The monoisotopic (exact) mass is 410 g/mol. The smallest absolute Gasteiger partial charge is 0.0934 e. The van der Waals surface area contributed by atoms with Gasteiger partial charge in [0.2, 0.25) is 0 Å². The molecular weight excluding hydrogens is 395 g/mol. The van der Waals surface area contributed by atoms with Crippen molar-refractivity contribution in [1.82, 2.24) is 4.57 Å². The number of rotatable bonds is 2. The van der Waals surface area contributed by atoms with E-state index in [1.165, 1.54) is 11.3 Å². The first-order valence-corrected chi connectivity index (χ1v) is 10.3. The molecule has 134 valence electrons. The van der Waals surface area contributed by atoms with Crippen molar-refractivity contribution in [3.8, 4) is 10.4 Å². The molecule has 27 heavy (non-hydrogen) atoms. The topological polar surface area (TPSA) is 17.0 Å². The maximum Gasteiger partial charge on any atom is 0.0934 e. The van der Waals surface area contributed by atoms with Crippen molar-refractivity contribution in [3.63, 3.8) is 0 Å². The van der Waals surface area contributed by atoms with E-state index in [9.17, 15) is 0 Å². The molecule has 5 heteroatoms. The maximum atomic E-state index is 6.76. The Morgan fingerprint density at radius 3 is 2.67 bits per heavy atom. The van der Waals surface area contributed by atoms with Gasteiger partial charge in [-0.1, -0.05) is 53.5 Å². The molecule has 0 amide bonds. The fraction of sp³-hybridized carbons (Fsp3) is 0.0909. The summed E-state index contributed by atoms with van der Waals surface area (Å²) in [4.78, 5) is 1.12. The van der Waals surface area contributed by atoms with Crippen LogP contribution in [0.15, 0.2) is 72.9 Å². The van der Waals surface area contributed by atoms with Crippen LogP contribution in [0.1, 0.15) is 22.9 Å². The predicted octanol–water partition coefficient (Wildman–Crippen LogP) is 7.09.